The first-order chi connectivity index (χ1) is 14.2. The minimum absolute atomic E-state index is 0.0973. The molecule has 0 amide bonds. The summed E-state index contributed by atoms with van der Waals surface area (Å²) in [5, 5.41) is 14.1. The molecule has 0 saturated heterocycles. The normalized spacial score (nSPS) is 20.4. The standard InChI is InChI=1S/C21H22N6O2S/c1-12-5-6-16-15(7-12)13(2)29-19-8-14(10-24-21(19)23)20-17(11-30(4,28)26-16)25-27(3)18(20)9-22/h5-8,10,13H,11H2,1-4H3,(H2,23,24)/t13-,30?/m1/s1. The summed E-state index contributed by atoms with van der Waals surface area (Å²) in [5.41, 5.74) is 10.6. The van der Waals surface area contributed by atoms with Gasteiger partial charge in [-0.15, -0.1) is 0 Å². The van der Waals surface area contributed by atoms with E-state index < -0.39 is 15.8 Å². The molecule has 4 rings (SSSR count). The Bertz CT molecular complexity index is 1330. The third-order valence-electron chi connectivity index (χ3n) is 5.02. The number of ether oxygens (including phenoxy) is 1. The van der Waals surface area contributed by atoms with Crippen LogP contribution in [0, 0.1) is 18.3 Å². The zero-order valence-corrected chi connectivity index (χ0v) is 18.0. The number of anilines is 1. The van der Waals surface area contributed by atoms with Crippen LogP contribution in [-0.2, 0) is 22.5 Å². The van der Waals surface area contributed by atoms with Crippen LogP contribution in [0.2, 0.25) is 0 Å². The van der Waals surface area contributed by atoms with Crippen molar-refractivity contribution >= 4 is 21.2 Å². The van der Waals surface area contributed by atoms with E-state index >= 15 is 0 Å². The Morgan fingerprint density at radius 3 is 2.87 bits per heavy atom. The van der Waals surface area contributed by atoms with E-state index in [0.717, 1.165) is 11.1 Å². The molecule has 30 heavy (non-hydrogen) atoms. The maximum atomic E-state index is 13.5. The van der Waals surface area contributed by atoms with Crippen LogP contribution in [0.15, 0.2) is 34.8 Å². The molecule has 154 valence electrons. The number of nitriles is 1. The lowest BCUT2D eigenvalue weighted by molar-refractivity contribution is 0.228. The maximum Gasteiger partial charge on any atom is 0.166 e. The minimum atomic E-state index is -2.70. The summed E-state index contributed by atoms with van der Waals surface area (Å²) in [6.07, 6.45) is 2.78. The molecule has 0 saturated carbocycles. The smallest absolute Gasteiger partial charge is 0.166 e. The van der Waals surface area contributed by atoms with E-state index in [1.165, 1.54) is 4.68 Å². The predicted octanol–water partition coefficient (Wildman–Crippen LogP) is 3.63. The van der Waals surface area contributed by atoms with E-state index in [0.29, 0.717) is 34.0 Å². The molecule has 1 aliphatic heterocycles. The van der Waals surface area contributed by atoms with Crippen LogP contribution in [0.25, 0.3) is 11.1 Å². The summed E-state index contributed by atoms with van der Waals surface area (Å²) in [5.74, 6) is 0.751. The Kier molecular flexibility index (Phi) is 4.74. The Hall–Kier alpha value is -3.38. The first-order valence-electron chi connectivity index (χ1n) is 9.37. The van der Waals surface area contributed by atoms with Crippen LogP contribution in [0.5, 0.6) is 5.75 Å². The van der Waals surface area contributed by atoms with Crippen molar-refractivity contribution in [2.75, 3.05) is 12.0 Å². The van der Waals surface area contributed by atoms with Gasteiger partial charge >= 0.3 is 0 Å². The monoisotopic (exact) mass is 422 g/mol. The number of aryl methyl sites for hydroxylation is 2. The number of hydrogen-bond acceptors (Lipinski definition) is 7. The second kappa shape index (κ2) is 7.15. The molecule has 0 radical (unpaired) electrons. The van der Waals surface area contributed by atoms with Crippen molar-refractivity contribution in [3.8, 4) is 22.9 Å². The van der Waals surface area contributed by atoms with Crippen LogP contribution in [0.1, 0.15) is 35.5 Å². The van der Waals surface area contributed by atoms with Gasteiger partial charge in [-0.3, -0.25) is 4.68 Å². The number of nitrogens with two attached hydrogens (primary N) is 1. The lowest BCUT2D eigenvalue weighted by Crippen LogP contribution is -2.09. The molecule has 8 nitrogen and oxygen atoms in total. The topological polar surface area (TPSA) is 119 Å². The predicted molar refractivity (Wildman–Crippen MR) is 116 cm³/mol. The molecule has 0 spiro atoms. The van der Waals surface area contributed by atoms with E-state index in [2.05, 4.69) is 20.5 Å². The average Bonchev–Trinajstić information content (AvgIpc) is 2.98. The van der Waals surface area contributed by atoms with Gasteiger partial charge < -0.3 is 10.5 Å². The molecular weight excluding hydrogens is 400 g/mol. The highest BCUT2D eigenvalue weighted by atomic mass is 32.2. The zero-order chi connectivity index (χ0) is 21.6. The number of benzene rings is 1. The quantitative estimate of drug-likeness (QED) is 0.591. The third-order valence-corrected chi connectivity index (χ3v) is 6.41. The van der Waals surface area contributed by atoms with Crippen molar-refractivity contribution in [3.63, 3.8) is 0 Å². The van der Waals surface area contributed by atoms with Crippen LogP contribution in [-0.4, -0.2) is 25.2 Å². The van der Waals surface area contributed by atoms with Crippen LogP contribution < -0.4 is 10.5 Å². The minimum Gasteiger partial charge on any atom is -0.482 e. The summed E-state index contributed by atoms with van der Waals surface area (Å²) < 4.78 is 25.7. The van der Waals surface area contributed by atoms with Crippen molar-refractivity contribution < 1.29 is 8.95 Å². The summed E-state index contributed by atoms with van der Waals surface area (Å²) in [6.45, 7) is 3.87. The summed E-state index contributed by atoms with van der Waals surface area (Å²) in [6, 6.07) is 9.67. The second-order valence-electron chi connectivity index (χ2n) is 7.53. The molecule has 1 aliphatic rings. The number of fused-ring (bicyclic) bond motifs is 5. The van der Waals surface area contributed by atoms with Crippen molar-refractivity contribution in [1.29, 1.82) is 5.26 Å². The highest BCUT2D eigenvalue weighted by Gasteiger charge is 2.24. The largest absolute Gasteiger partial charge is 0.482 e. The third kappa shape index (κ3) is 3.50. The van der Waals surface area contributed by atoms with Gasteiger partial charge in [0.05, 0.1) is 26.9 Å². The SMILES string of the molecule is Cc1ccc2c(c1)[C@@H](C)Oc1cc(cnc1N)-c1c(nn(C)c1C#N)CS(C)(=O)=N2. The fourth-order valence-corrected chi connectivity index (χ4v) is 4.99. The number of aromatic nitrogens is 3. The lowest BCUT2D eigenvalue weighted by atomic mass is 10.0. The number of nitrogen functional groups attached to an aromatic ring is 1. The highest BCUT2D eigenvalue weighted by molar-refractivity contribution is 7.92. The summed E-state index contributed by atoms with van der Waals surface area (Å²) in [7, 11) is -1.02. The van der Waals surface area contributed by atoms with Gasteiger partial charge in [-0.1, -0.05) is 17.7 Å². The van der Waals surface area contributed by atoms with Crippen LogP contribution in [0.3, 0.4) is 0 Å². The van der Waals surface area contributed by atoms with Gasteiger partial charge in [-0.05, 0) is 26.0 Å². The molecule has 2 atom stereocenters. The second-order valence-corrected chi connectivity index (χ2v) is 9.92. The van der Waals surface area contributed by atoms with Crippen molar-refractivity contribution in [3.05, 3.63) is 53.0 Å². The van der Waals surface area contributed by atoms with Gasteiger partial charge in [0, 0.05) is 36.2 Å². The number of nitrogens with zero attached hydrogens (tertiary/aromatic N) is 5. The molecular formula is C21H22N6O2S. The van der Waals surface area contributed by atoms with Crippen molar-refractivity contribution in [2.24, 2.45) is 11.4 Å². The fraction of sp³-hybridized carbons (Fsp3) is 0.286. The molecule has 1 aromatic carbocycles. The number of rotatable bonds is 0. The first kappa shape index (κ1) is 19.9. The summed E-state index contributed by atoms with van der Waals surface area (Å²) >= 11 is 0. The Balaban J connectivity index is 2.05. The van der Waals surface area contributed by atoms with Gasteiger partial charge in [0.1, 0.15) is 17.9 Å². The maximum absolute atomic E-state index is 13.5. The molecule has 9 heteroatoms. The van der Waals surface area contributed by atoms with Gasteiger partial charge in [0.25, 0.3) is 0 Å². The van der Waals surface area contributed by atoms with E-state index in [-0.39, 0.29) is 11.6 Å². The fourth-order valence-electron chi connectivity index (χ4n) is 3.63. The van der Waals surface area contributed by atoms with Gasteiger partial charge in [0.15, 0.2) is 11.6 Å². The molecule has 3 aromatic rings. The van der Waals surface area contributed by atoms with Crippen molar-refractivity contribution in [1.82, 2.24) is 14.8 Å². The molecule has 0 aliphatic carbocycles. The lowest BCUT2D eigenvalue weighted by Gasteiger charge is -2.20. The van der Waals surface area contributed by atoms with Crippen LogP contribution in [0.4, 0.5) is 11.5 Å². The Morgan fingerprint density at radius 2 is 2.13 bits per heavy atom. The first-order valence-corrected chi connectivity index (χ1v) is 11.5. The van der Waals surface area contributed by atoms with Crippen LogP contribution >= 0.6 is 0 Å². The van der Waals surface area contributed by atoms with Gasteiger partial charge in [-0.2, -0.15) is 14.7 Å². The molecule has 2 aromatic heterocycles. The average molecular weight is 423 g/mol. The van der Waals surface area contributed by atoms with E-state index in [1.807, 2.05) is 32.0 Å². The Morgan fingerprint density at radius 1 is 1.37 bits per heavy atom. The number of hydrogen-bond donors (Lipinski definition) is 1. The van der Waals surface area contributed by atoms with E-state index in [1.54, 1.807) is 25.6 Å². The van der Waals surface area contributed by atoms with Crippen molar-refractivity contribution in [2.45, 2.75) is 25.7 Å². The van der Waals surface area contributed by atoms with Gasteiger partial charge in [0.2, 0.25) is 0 Å². The van der Waals surface area contributed by atoms with E-state index in [9.17, 15) is 9.47 Å². The van der Waals surface area contributed by atoms with E-state index in [4.69, 9.17) is 10.5 Å². The molecule has 2 N–H and O–H groups in total. The molecule has 1 unspecified atom stereocenters. The molecule has 3 heterocycles. The number of pyridine rings is 1. The highest BCUT2D eigenvalue weighted by Crippen LogP contribution is 2.37. The zero-order valence-electron chi connectivity index (χ0n) is 17.2. The Labute approximate surface area is 175 Å². The molecule has 0 fully saturated rings. The summed E-state index contributed by atoms with van der Waals surface area (Å²) in [4.78, 5) is 4.27. The van der Waals surface area contributed by atoms with Gasteiger partial charge in [-0.25, -0.2) is 9.19 Å². The molecule has 2 bridgehead atoms.